The summed E-state index contributed by atoms with van der Waals surface area (Å²) in [5.74, 6) is 0. The Hall–Kier alpha value is -0.450. The Morgan fingerprint density at radius 2 is 2.00 bits per heavy atom. The maximum absolute atomic E-state index is 5.44. The van der Waals surface area contributed by atoms with Crippen molar-refractivity contribution in [1.82, 2.24) is 10.3 Å². The summed E-state index contributed by atoms with van der Waals surface area (Å²) in [5, 5.41) is 4.60. The lowest BCUT2D eigenvalue weighted by Crippen LogP contribution is -2.13. The highest BCUT2D eigenvalue weighted by atomic mass is 32.1. The molecule has 1 heterocycles. The molecule has 0 saturated carbocycles. The third-order valence-electron chi connectivity index (χ3n) is 2.53. The number of nitrogens with two attached hydrogens (primary N) is 1. The SMILES string of the molecule is Cc1ncc(CNCCCCCCCN)s1. The number of unbranched alkanes of at least 4 members (excludes halogenated alkanes) is 4. The molecule has 16 heavy (non-hydrogen) atoms. The molecular weight excluding hydrogens is 218 g/mol. The van der Waals surface area contributed by atoms with E-state index in [1.807, 2.05) is 13.1 Å². The lowest BCUT2D eigenvalue weighted by molar-refractivity contribution is 0.579. The van der Waals surface area contributed by atoms with E-state index in [9.17, 15) is 0 Å². The summed E-state index contributed by atoms with van der Waals surface area (Å²) in [5.41, 5.74) is 5.44. The Labute approximate surface area is 102 Å². The molecular formula is C12H23N3S. The van der Waals surface area contributed by atoms with E-state index in [0.717, 1.165) is 24.6 Å². The molecule has 0 unspecified atom stereocenters. The number of hydrogen-bond donors (Lipinski definition) is 2. The topological polar surface area (TPSA) is 50.9 Å². The molecule has 0 saturated heterocycles. The summed E-state index contributed by atoms with van der Waals surface area (Å²) in [6.07, 6.45) is 8.32. The highest BCUT2D eigenvalue weighted by Gasteiger charge is 1.96. The van der Waals surface area contributed by atoms with Crippen molar-refractivity contribution in [2.24, 2.45) is 5.73 Å². The second-order valence-electron chi connectivity index (χ2n) is 4.08. The molecule has 0 bridgehead atoms. The van der Waals surface area contributed by atoms with Gasteiger partial charge in [-0.15, -0.1) is 11.3 Å². The molecule has 0 radical (unpaired) electrons. The molecule has 4 heteroatoms. The number of aryl methyl sites for hydroxylation is 1. The van der Waals surface area contributed by atoms with Gasteiger partial charge in [0.2, 0.25) is 0 Å². The minimum absolute atomic E-state index is 0.836. The highest BCUT2D eigenvalue weighted by Crippen LogP contribution is 2.10. The van der Waals surface area contributed by atoms with Crippen molar-refractivity contribution in [2.75, 3.05) is 13.1 Å². The number of nitrogens with one attached hydrogen (secondary N) is 1. The minimum Gasteiger partial charge on any atom is -0.330 e. The molecule has 0 aliphatic rings. The molecule has 92 valence electrons. The standard InChI is InChI=1S/C12H23N3S/c1-11-15-10-12(16-11)9-14-8-6-4-2-3-5-7-13/h10,14H,2-9,13H2,1H3. The van der Waals surface area contributed by atoms with Crippen LogP contribution in [0.25, 0.3) is 0 Å². The quantitative estimate of drug-likeness (QED) is 0.653. The normalized spacial score (nSPS) is 10.9. The zero-order chi connectivity index (χ0) is 11.6. The fourth-order valence-corrected chi connectivity index (χ4v) is 2.39. The maximum Gasteiger partial charge on any atom is 0.0897 e. The average Bonchev–Trinajstić information content (AvgIpc) is 2.68. The van der Waals surface area contributed by atoms with Gasteiger partial charge in [-0.05, 0) is 32.9 Å². The van der Waals surface area contributed by atoms with Crippen LogP contribution in [0.5, 0.6) is 0 Å². The van der Waals surface area contributed by atoms with Crippen molar-refractivity contribution in [3.8, 4) is 0 Å². The summed E-state index contributed by atoms with van der Waals surface area (Å²) >= 11 is 1.78. The first-order valence-electron chi connectivity index (χ1n) is 6.15. The molecule has 3 N–H and O–H groups in total. The van der Waals surface area contributed by atoms with Crippen molar-refractivity contribution in [3.63, 3.8) is 0 Å². The third-order valence-corrected chi connectivity index (χ3v) is 3.44. The van der Waals surface area contributed by atoms with E-state index in [1.165, 1.54) is 37.0 Å². The van der Waals surface area contributed by atoms with Crippen molar-refractivity contribution in [3.05, 3.63) is 16.1 Å². The van der Waals surface area contributed by atoms with Crippen LogP contribution in [0.3, 0.4) is 0 Å². The van der Waals surface area contributed by atoms with E-state index < -0.39 is 0 Å². The summed E-state index contributed by atoms with van der Waals surface area (Å²) in [6, 6.07) is 0. The lowest BCUT2D eigenvalue weighted by atomic mass is 10.1. The van der Waals surface area contributed by atoms with Gasteiger partial charge in [-0.1, -0.05) is 19.3 Å². The number of aromatic nitrogens is 1. The second-order valence-corrected chi connectivity index (χ2v) is 5.40. The summed E-state index contributed by atoms with van der Waals surface area (Å²) in [6.45, 7) is 4.96. The van der Waals surface area contributed by atoms with Gasteiger partial charge in [0.25, 0.3) is 0 Å². The van der Waals surface area contributed by atoms with Crippen LogP contribution in [-0.2, 0) is 6.54 Å². The molecule has 1 rings (SSSR count). The second kappa shape index (κ2) is 8.67. The number of nitrogens with zero attached hydrogens (tertiary/aromatic N) is 1. The Bertz CT molecular complexity index is 273. The number of hydrogen-bond acceptors (Lipinski definition) is 4. The molecule has 0 aromatic carbocycles. The minimum atomic E-state index is 0.836. The van der Waals surface area contributed by atoms with Gasteiger partial charge in [-0.25, -0.2) is 4.98 Å². The molecule has 0 spiro atoms. The van der Waals surface area contributed by atoms with Crippen LogP contribution < -0.4 is 11.1 Å². The predicted octanol–water partition coefficient (Wildman–Crippen LogP) is 2.45. The molecule has 1 aromatic heterocycles. The van der Waals surface area contributed by atoms with Crippen LogP contribution in [-0.4, -0.2) is 18.1 Å². The first kappa shape index (κ1) is 13.6. The summed E-state index contributed by atoms with van der Waals surface area (Å²) < 4.78 is 0. The molecule has 0 aliphatic heterocycles. The van der Waals surface area contributed by atoms with E-state index in [4.69, 9.17) is 5.73 Å². The smallest absolute Gasteiger partial charge is 0.0897 e. The zero-order valence-corrected chi connectivity index (χ0v) is 11.0. The monoisotopic (exact) mass is 241 g/mol. The van der Waals surface area contributed by atoms with Crippen molar-refractivity contribution >= 4 is 11.3 Å². The van der Waals surface area contributed by atoms with Gasteiger partial charge in [0, 0.05) is 17.6 Å². The fourth-order valence-electron chi connectivity index (χ4n) is 1.62. The van der Waals surface area contributed by atoms with Crippen LogP contribution in [0, 0.1) is 6.92 Å². The lowest BCUT2D eigenvalue weighted by Gasteiger charge is -2.02. The van der Waals surface area contributed by atoms with Crippen LogP contribution in [0.2, 0.25) is 0 Å². The Kier molecular flexibility index (Phi) is 7.38. The van der Waals surface area contributed by atoms with Crippen molar-refractivity contribution in [1.29, 1.82) is 0 Å². The number of thiazole rings is 1. The Balaban J connectivity index is 1.88. The Morgan fingerprint density at radius 1 is 1.25 bits per heavy atom. The van der Waals surface area contributed by atoms with Crippen LogP contribution in [0.15, 0.2) is 6.20 Å². The molecule has 0 fully saturated rings. The van der Waals surface area contributed by atoms with E-state index >= 15 is 0 Å². The van der Waals surface area contributed by atoms with E-state index in [2.05, 4.69) is 10.3 Å². The largest absolute Gasteiger partial charge is 0.330 e. The van der Waals surface area contributed by atoms with Gasteiger partial charge >= 0.3 is 0 Å². The van der Waals surface area contributed by atoms with Crippen molar-refractivity contribution in [2.45, 2.75) is 45.6 Å². The van der Waals surface area contributed by atoms with Gasteiger partial charge in [0.15, 0.2) is 0 Å². The van der Waals surface area contributed by atoms with Gasteiger partial charge < -0.3 is 11.1 Å². The number of rotatable bonds is 9. The summed E-state index contributed by atoms with van der Waals surface area (Å²) in [4.78, 5) is 5.57. The van der Waals surface area contributed by atoms with E-state index in [-0.39, 0.29) is 0 Å². The first-order chi connectivity index (χ1) is 7.83. The van der Waals surface area contributed by atoms with Gasteiger partial charge in [0.1, 0.15) is 0 Å². The zero-order valence-electron chi connectivity index (χ0n) is 10.2. The Morgan fingerprint density at radius 3 is 2.69 bits per heavy atom. The first-order valence-corrected chi connectivity index (χ1v) is 6.96. The molecule has 1 aromatic rings. The average molecular weight is 241 g/mol. The molecule has 0 aliphatic carbocycles. The maximum atomic E-state index is 5.44. The van der Waals surface area contributed by atoms with Gasteiger partial charge in [0.05, 0.1) is 5.01 Å². The fraction of sp³-hybridized carbons (Fsp3) is 0.750. The van der Waals surface area contributed by atoms with Gasteiger partial charge in [-0.2, -0.15) is 0 Å². The van der Waals surface area contributed by atoms with Crippen LogP contribution >= 0.6 is 11.3 Å². The molecule has 3 nitrogen and oxygen atoms in total. The third kappa shape index (κ3) is 6.20. The van der Waals surface area contributed by atoms with E-state index in [1.54, 1.807) is 11.3 Å². The predicted molar refractivity (Wildman–Crippen MR) is 70.7 cm³/mol. The molecule has 0 amide bonds. The van der Waals surface area contributed by atoms with E-state index in [0.29, 0.717) is 0 Å². The highest BCUT2D eigenvalue weighted by molar-refractivity contribution is 7.11. The molecule has 0 atom stereocenters. The van der Waals surface area contributed by atoms with Crippen LogP contribution in [0.4, 0.5) is 0 Å². The van der Waals surface area contributed by atoms with Crippen LogP contribution in [0.1, 0.15) is 42.0 Å². The van der Waals surface area contributed by atoms with Gasteiger partial charge in [-0.3, -0.25) is 0 Å². The van der Waals surface area contributed by atoms with Crippen molar-refractivity contribution < 1.29 is 0 Å². The summed E-state index contributed by atoms with van der Waals surface area (Å²) in [7, 11) is 0.